The normalized spacial score (nSPS) is 17.4. The first-order chi connectivity index (χ1) is 6.43. The molecule has 0 fully saturated rings. The number of alkyl halides is 1. The largest absolute Gasteiger partial charge is 0.332 e. The van der Waals surface area contributed by atoms with Gasteiger partial charge >= 0.3 is 0 Å². The number of hydrogen-bond acceptors (Lipinski definition) is 3. The maximum atomic E-state index is 13.1. The zero-order valence-corrected chi connectivity index (χ0v) is 9.85. The van der Waals surface area contributed by atoms with Gasteiger partial charge in [-0.25, -0.2) is 4.39 Å². The fourth-order valence-electron chi connectivity index (χ4n) is 0.991. The maximum Gasteiger partial charge on any atom is 0.207 e. The number of rotatable bonds is 7. The Morgan fingerprint density at radius 1 is 1.57 bits per heavy atom. The summed E-state index contributed by atoms with van der Waals surface area (Å²) in [5.41, 5.74) is 0. The Bertz CT molecular complexity index is 230. The minimum Gasteiger partial charge on any atom is -0.332 e. The van der Waals surface area contributed by atoms with Crippen molar-refractivity contribution in [1.82, 2.24) is 0 Å². The van der Waals surface area contributed by atoms with Gasteiger partial charge in [0.05, 0.1) is 6.16 Å². The lowest BCUT2D eigenvalue weighted by Gasteiger charge is -2.11. The molecule has 0 N–H and O–H groups in total. The van der Waals surface area contributed by atoms with E-state index in [1.165, 1.54) is 13.8 Å². The summed E-state index contributed by atoms with van der Waals surface area (Å²) in [6.07, 6.45) is -0.0401. The van der Waals surface area contributed by atoms with E-state index in [9.17, 15) is 13.8 Å². The van der Waals surface area contributed by atoms with Gasteiger partial charge < -0.3 is 4.52 Å². The first-order valence-electron chi connectivity index (χ1n) is 4.72. The number of carbonyl (C=O) groups is 1. The fraction of sp³-hybridized carbons (Fsp3) is 0.889. The van der Waals surface area contributed by atoms with Crippen LogP contribution in [0.1, 0.15) is 26.2 Å². The first-order valence-corrected chi connectivity index (χ1v) is 6.97. The lowest BCUT2D eigenvalue weighted by molar-refractivity contribution is -0.121. The van der Waals surface area contributed by atoms with Gasteiger partial charge in [-0.05, 0) is 6.42 Å². The summed E-state index contributed by atoms with van der Waals surface area (Å²) < 4.78 is 29.1. The van der Waals surface area contributed by atoms with Crippen molar-refractivity contribution < 1.29 is 18.3 Å². The molecule has 0 heterocycles. The minimum absolute atomic E-state index is 0.221. The zero-order chi connectivity index (χ0) is 11.2. The number of carbonyl (C=O) groups excluding carboxylic acids is 1. The van der Waals surface area contributed by atoms with Gasteiger partial charge in [-0.3, -0.25) is 9.36 Å². The molecule has 0 rings (SSSR count). The molecule has 5 heteroatoms. The van der Waals surface area contributed by atoms with Crippen molar-refractivity contribution in [2.45, 2.75) is 32.4 Å². The molecule has 0 aromatic carbocycles. The second kappa shape index (κ2) is 6.31. The Morgan fingerprint density at radius 3 is 2.57 bits per heavy atom. The van der Waals surface area contributed by atoms with Crippen LogP contribution in [-0.2, 0) is 13.9 Å². The first kappa shape index (κ1) is 13.8. The van der Waals surface area contributed by atoms with Crippen LogP contribution in [0.15, 0.2) is 0 Å². The Hall–Kier alpha value is -0.210. The highest BCUT2D eigenvalue weighted by Crippen LogP contribution is 2.41. The van der Waals surface area contributed by atoms with E-state index in [1.807, 2.05) is 6.92 Å². The van der Waals surface area contributed by atoms with Crippen molar-refractivity contribution in [3.05, 3.63) is 0 Å². The van der Waals surface area contributed by atoms with E-state index in [0.29, 0.717) is 6.42 Å². The summed E-state index contributed by atoms with van der Waals surface area (Å²) in [7, 11) is -1.63. The molecule has 0 aliphatic rings. The fourth-order valence-corrected chi connectivity index (χ4v) is 1.88. The van der Waals surface area contributed by atoms with E-state index in [2.05, 4.69) is 4.52 Å². The molecular formula is C9H18FO3P. The highest BCUT2D eigenvalue weighted by molar-refractivity contribution is 7.59. The van der Waals surface area contributed by atoms with Gasteiger partial charge in [0.25, 0.3) is 0 Å². The molecule has 0 aliphatic heterocycles. The van der Waals surface area contributed by atoms with Crippen LogP contribution in [0.25, 0.3) is 0 Å². The van der Waals surface area contributed by atoms with Gasteiger partial charge in [0, 0.05) is 13.8 Å². The van der Waals surface area contributed by atoms with E-state index >= 15 is 0 Å². The number of Topliss-reactive ketones (excluding diaryl/α,β-unsaturated/α-hetero) is 1. The van der Waals surface area contributed by atoms with E-state index in [4.69, 9.17) is 0 Å². The molecule has 0 aromatic rings. The lowest BCUT2D eigenvalue weighted by Crippen LogP contribution is -2.19. The number of halogens is 1. The molecular weight excluding hydrogens is 206 g/mol. The molecule has 0 saturated carbocycles. The van der Waals surface area contributed by atoms with Crippen LogP contribution < -0.4 is 0 Å². The lowest BCUT2D eigenvalue weighted by atomic mass is 10.1. The summed E-state index contributed by atoms with van der Waals surface area (Å²) >= 11 is 0. The highest BCUT2D eigenvalue weighted by atomic mass is 31.2. The predicted octanol–water partition coefficient (Wildman–Crippen LogP) is 2.64. The molecule has 0 spiro atoms. The molecule has 0 saturated heterocycles. The quantitative estimate of drug-likeness (QED) is 0.624. The summed E-state index contributed by atoms with van der Waals surface area (Å²) in [6, 6.07) is 0. The van der Waals surface area contributed by atoms with Crippen LogP contribution in [-0.4, -0.2) is 31.9 Å². The van der Waals surface area contributed by atoms with Crippen molar-refractivity contribution in [2.75, 3.05) is 19.9 Å². The Labute approximate surface area is 84.5 Å². The summed E-state index contributed by atoms with van der Waals surface area (Å²) in [6.45, 7) is 3.27. The monoisotopic (exact) mass is 224 g/mol. The molecule has 0 radical (unpaired) electrons. The zero-order valence-electron chi connectivity index (χ0n) is 8.96. The third kappa shape index (κ3) is 5.51. The number of unbranched alkanes of at least 4 members (excludes halogenated alkanes) is 1. The maximum absolute atomic E-state index is 13.1. The molecule has 84 valence electrons. The van der Waals surface area contributed by atoms with Gasteiger partial charge in [-0.15, -0.1) is 0 Å². The number of hydrogen-bond donors (Lipinski definition) is 0. The molecule has 14 heavy (non-hydrogen) atoms. The second-order valence-electron chi connectivity index (χ2n) is 3.43. The van der Waals surface area contributed by atoms with Crippen LogP contribution in [0.2, 0.25) is 0 Å². The summed E-state index contributed by atoms with van der Waals surface area (Å²) in [5, 5.41) is 0. The van der Waals surface area contributed by atoms with Gasteiger partial charge in [-0.2, -0.15) is 0 Å². The minimum atomic E-state index is -2.91. The molecule has 0 amide bonds. The predicted molar refractivity (Wildman–Crippen MR) is 54.8 cm³/mol. The van der Waals surface area contributed by atoms with Gasteiger partial charge in [0.2, 0.25) is 7.37 Å². The van der Waals surface area contributed by atoms with Crippen molar-refractivity contribution in [2.24, 2.45) is 0 Å². The molecule has 0 aliphatic carbocycles. The van der Waals surface area contributed by atoms with Crippen LogP contribution in [0.5, 0.6) is 0 Å². The van der Waals surface area contributed by atoms with E-state index < -0.39 is 19.3 Å². The van der Waals surface area contributed by atoms with Gasteiger partial charge in [-0.1, -0.05) is 19.8 Å². The van der Waals surface area contributed by atoms with Crippen molar-refractivity contribution in [3.8, 4) is 0 Å². The smallest absolute Gasteiger partial charge is 0.207 e. The number of ketones is 1. The van der Waals surface area contributed by atoms with Crippen LogP contribution in [0.4, 0.5) is 4.39 Å². The van der Waals surface area contributed by atoms with Crippen LogP contribution >= 0.6 is 7.37 Å². The average molecular weight is 224 g/mol. The van der Waals surface area contributed by atoms with E-state index in [1.54, 1.807) is 0 Å². The average Bonchev–Trinajstić information content (AvgIpc) is 2.13. The standard InChI is InChI=1S/C9H18FO3P/c1-4-5-6-8(10)9(11)7-14(3,12)13-2/h8H,4-7H2,1-3H3/t8-,14?/m0/s1. The molecule has 2 atom stereocenters. The van der Waals surface area contributed by atoms with Crippen molar-refractivity contribution in [3.63, 3.8) is 0 Å². The van der Waals surface area contributed by atoms with E-state index in [-0.39, 0.29) is 12.6 Å². The van der Waals surface area contributed by atoms with Crippen LogP contribution in [0.3, 0.4) is 0 Å². The third-order valence-electron chi connectivity index (χ3n) is 1.99. The summed E-state index contributed by atoms with van der Waals surface area (Å²) in [4.78, 5) is 11.2. The van der Waals surface area contributed by atoms with E-state index in [0.717, 1.165) is 6.42 Å². The Morgan fingerprint density at radius 2 is 2.14 bits per heavy atom. The molecule has 0 aromatic heterocycles. The van der Waals surface area contributed by atoms with Crippen LogP contribution in [0, 0.1) is 0 Å². The van der Waals surface area contributed by atoms with Crippen molar-refractivity contribution in [1.29, 1.82) is 0 Å². The second-order valence-corrected chi connectivity index (χ2v) is 6.14. The van der Waals surface area contributed by atoms with Gasteiger partial charge in [0.15, 0.2) is 12.0 Å². The molecule has 3 nitrogen and oxygen atoms in total. The highest BCUT2D eigenvalue weighted by Gasteiger charge is 2.25. The third-order valence-corrected chi connectivity index (χ3v) is 3.65. The topological polar surface area (TPSA) is 43.4 Å². The Kier molecular flexibility index (Phi) is 6.21. The SMILES string of the molecule is CCCC[C@H](F)C(=O)CP(C)(=O)OC. The Balaban J connectivity index is 4.01. The van der Waals surface area contributed by atoms with Gasteiger partial charge in [0.1, 0.15) is 0 Å². The van der Waals surface area contributed by atoms with Crippen molar-refractivity contribution >= 4 is 13.2 Å². The summed E-state index contributed by atoms with van der Waals surface area (Å²) in [5.74, 6) is -0.605. The molecule has 0 bridgehead atoms. The molecule has 1 unspecified atom stereocenters.